The Hall–Kier alpha value is -7.72. The van der Waals surface area contributed by atoms with Crippen molar-refractivity contribution in [3.63, 3.8) is 0 Å². The Kier molecular flexibility index (Phi) is 6.74. The summed E-state index contributed by atoms with van der Waals surface area (Å²) < 4.78 is 2.62. The highest BCUT2D eigenvalue weighted by atomic mass is 32.1. The summed E-state index contributed by atoms with van der Waals surface area (Å²) in [5.74, 6) is 0. The Morgan fingerprint density at radius 1 is 0.295 bits per heavy atom. The van der Waals surface area contributed by atoms with Crippen LogP contribution in [0, 0.1) is 0 Å². The van der Waals surface area contributed by atoms with Gasteiger partial charge in [-0.1, -0.05) is 127 Å². The molecule has 14 rings (SSSR count). The second-order valence-corrected chi connectivity index (χ2v) is 17.4. The molecule has 0 fully saturated rings. The van der Waals surface area contributed by atoms with E-state index in [1.54, 1.807) is 0 Å². The summed E-state index contributed by atoms with van der Waals surface area (Å²) in [5.41, 5.74) is 15.0. The Morgan fingerprint density at radius 2 is 0.836 bits per heavy atom. The van der Waals surface area contributed by atoms with E-state index in [2.05, 4.69) is 180 Å². The van der Waals surface area contributed by atoms with Crippen LogP contribution >= 0.6 is 11.3 Å². The molecule has 3 aromatic heterocycles. The SMILES string of the molecule is c1cc2ccc3ccc(-c4cc(-c5ccc6c7c(cccc57)-c5c-6c(-c6ccncc6)c6ccccc6c5-c5ccncc5)c5sc6ccccc6c5c4)c4ccc(c1)c2c34. The highest BCUT2D eigenvalue weighted by Crippen LogP contribution is 2.59. The van der Waals surface area contributed by atoms with Crippen LogP contribution in [0.25, 0.3) is 141 Å². The van der Waals surface area contributed by atoms with Gasteiger partial charge >= 0.3 is 0 Å². The van der Waals surface area contributed by atoms with Crippen molar-refractivity contribution in [3.8, 4) is 66.8 Å². The molecule has 1 aliphatic carbocycles. The van der Waals surface area contributed by atoms with E-state index >= 15 is 0 Å². The van der Waals surface area contributed by atoms with Crippen LogP contribution in [0.1, 0.15) is 0 Å². The Bertz CT molecular complexity index is 3870. The molecule has 13 aromatic rings. The lowest BCUT2D eigenvalue weighted by Crippen LogP contribution is -1.93. The molecular weight excluding hydrogens is 757 g/mol. The van der Waals surface area contributed by atoms with Crippen molar-refractivity contribution in [1.82, 2.24) is 9.97 Å². The quantitative estimate of drug-likeness (QED) is 0.166. The fraction of sp³-hybridized carbons (Fsp3) is 0. The normalized spacial score (nSPS) is 12.3. The number of benzene rings is 10. The van der Waals surface area contributed by atoms with E-state index in [1.165, 1.54) is 141 Å². The van der Waals surface area contributed by atoms with Crippen LogP contribution in [-0.2, 0) is 0 Å². The molecular formula is C58H32N2S. The van der Waals surface area contributed by atoms with Gasteiger partial charge in [-0.25, -0.2) is 0 Å². The van der Waals surface area contributed by atoms with Gasteiger partial charge in [0, 0.05) is 50.5 Å². The number of fused-ring (bicyclic) bond motifs is 7. The second-order valence-electron chi connectivity index (χ2n) is 16.4. The predicted octanol–water partition coefficient (Wildman–Crippen LogP) is 16.4. The van der Waals surface area contributed by atoms with E-state index in [0.29, 0.717) is 0 Å². The third-order valence-electron chi connectivity index (χ3n) is 13.3. The van der Waals surface area contributed by atoms with Crippen molar-refractivity contribution in [3.05, 3.63) is 195 Å². The maximum Gasteiger partial charge on any atom is 0.0434 e. The van der Waals surface area contributed by atoms with Crippen molar-refractivity contribution in [1.29, 1.82) is 0 Å². The number of hydrogen-bond acceptors (Lipinski definition) is 3. The van der Waals surface area contributed by atoms with Gasteiger partial charge in [0.15, 0.2) is 0 Å². The van der Waals surface area contributed by atoms with Crippen LogP contribution in [0.15, 0.2) is 195 Å². The van der Waals surface area contributed by atoms with Crippen LogP contribution in [0.3, 0.4) is 0 Å². The minimum absolute atomic E-state index is 1.17. The number of rotatable bonds is 4. The van der Waals surface area contributed by atoms with Gasteiger partial charge in [0.25, 0.3) is 0 Å². The first-order valence-corrected chi connectivity index (χ1v) is 21.7. The smallest absolute Gasteiger partial charge is 0.0434 e. The highest BCUT2D eigenvalue weighted by molar-refractivity contribution is 7.26. The molecule has 0 N–H and O–H groups in total. The van der Waals surface area contributed by atoms with E-state index in [0.717, 1.165) is 0 Å². The van der Waals surface area contributed by atoms with Gasteiger partial charge in [-0.05, 0) is 158 Å². The maximum atomic E-state index is 4.43. The maximum absolute atomic E-state index is 4.43. The van der Waals surface area contributed by atoms with Gasteiger partial charge < -0.3 is 0 Å². The fourth-order valence-electron chi connectivity index (χ4n) is 10.8. The molecule has 0 bridgehead atoms. The molecule has 3 heterocycles. The number of thiophene rings is 1. The van der Waals surface area contributed by atoms with Gasteiger partial charge in [-0.3, -0.25) is 9.97 Å². The van der Waals surface area contributed by atoms with Crippen LogP contribution in [0.4, 0.5) is 0 Å². The lowest BCUT2D eigenvalue weighted by molar-refractivity contribution is 1.33. The lowest BCUT2D eigenvalue weighted by Gasteiger charge is -2.20. The van der Waals surface area contributed by atoms with Crippen LogP contribution in [0.2, 0.25) is 0 Å². The molecule has 10 aromatic carbocycles. The largest absolute Gasteiger partial charge is 0.265 e. The summed E-state index contributed by atoms with van der Waals surface area (Å²) >= 11 is 1.91. The molecule has 61 heavy (non-hydrogen) atoms. The topological polar surface area (TPSA) is 25.8 Å². The highest BCUT2D eigenvalue weighted by Gasteiger charge is 2.31. The van der Waals surface area contributed by atoms with Gasteiger partial charge in [0.05, 0.1) is 0 Å². The molecule has 0 saturated carbocycles. The first-order chi connectivity index (χ1) is 30.3. The molecule has 0 radical (unpaired) electrons. The van der Waals surface area contributed by atoms with E-state index in [9.17, 15) is 0 Å². The predicted molar refractivity (Wildman–Crippen MR) is 260 cm³/mol. The summed E-state index contributed by atoms with van der Waals surface area (Å²) in [5, 5.41) is 15.5. The molecule has 3 heteroatoms. The van der Waals surface area contributed by atoms with Crippen LogP contribution in [-0.4, -0.2) is 9.97 Å². The summed E-state index contributed by atoms with van der Waals surface area (Å²) in [7, 11) is 0. The third kappa shape index (κ3) is 4.56. The molecule has 0 amide bonds. The van der Waals surface area contributed by atoms with E-state index in [1.807, 2.05) is 36.1 Å². The zero-order valence-electron chi connectivity index (χ0n) is 32.8. The third-order valence-corrected chi connectivity index (χ3v) is 14.6. The Balaban J connectivity index is 1.09. The van der Waals surface area contributed by atoms with Gasteiger partial charge in [0.2, 0.25) is 0 Å². The number of nitrogens with zero attached hydrogens (tertiary/aromatic N) is 2. The lowest BCUT2D eigenvalue weighted by atomic mass is 9.83. The zero-order chi connectivity index (χ0) is 39.8. The average molecular weight is 789 g/mol. The standard InChI is InChI=1S/C58H32N2S/c1-2-11-44-43(10-1)53(36-23-27-59-28-24-36)56-46-13-6-12-42-40(21-22-47(55(42)46)57(56)54(44)37-25-29-60-30-26-37)48-31-38(32-49-41-9-3-4-14-50(41)61-58(48)49)39-19-17-35-16-15-33-7-5-8-34-18-20-45(39)52(35)51(33)34/h1-32H. The molecule has 0 aliphatic heterocycles. The molecule has 0 spiro atoms. The van der Waals surface area contributed by atoms with Crippen molar-refractivity contribution in [2.45, 2.75) is 0 Å². The molecule has 1 aliphatic rings. The fourth-order valence-corrected chi connectivity index (χ4v) is 12.1. The van der Waals surface area contributed by atoms with Crippen molar-refractivity contribution in [2.75, 3.05) is 0 Å². The summed E-state index contributed by atoms with van der Waals surface area (Å²) in [4.78, 5) is 8.87. The summed E-state index contributed by atoms with van der Waals surface area (Å²) in [6, 6.07) is 63.7. The van der Waals surface area contributed by atoms with Crippen LogP contribution < -0.4 is 0 Å². The zero-order valence-corrected chi connectivity index (χ0v) is 33.6. The number of pyridine rings is 2. The van der Waals surface area contributed by atoms with Crippen molar-refractivity contribution < 1.29 is 0 Å². The molecule has 2 nitrogen and oxygen atoms in total. The van der Waals surface area contributed by atoms with Crippen LogP contribution in [0.5, 0.6) is 0 Å². The van der Waals surface area contributed by atoms with E-state index < -0.39 is 0 Å². The number of hydrogen-bond donors (Lipinski definition) is 0. The van der Waals surface area contributed by atoms with E-state index in [4.69, 9.17) is 0 Å². The molecule has 280 valence electrons. The van der Waals surface area contributed by atoms with Crippen molar-refractivity contribution >= 4 is 85.4 Å². The minimum atomic E-state index is 1.17. The first-order valence-electron chi connectivity index (χ1n) is 20.9. The Morgan fingerprint density at radius 3 is 1.56 bits per heavy atom. The van der Waals surface area contributed by atoms with Gasteiger partial charge in [-0.2, -0.15) is 0 Å². The Labute approximate surface area is 355 Å². The second kappa shape index (κ2) is 12.4. The summed E-state index contributed by atoms with van der Waals surface area (Å²) in [6.07, 6.45) is 7.66. The average Bonchev–Trinajstić information content (AvgIpc) is 3.87. The number of aromatic nitrogens is 2. The molecule has 0 atom stereocenters. The van der Waals surface area contributed by atoms with Gasteiger partial charge in [0.1, 0.15) is 0 Å². The minimum Gasteiger partial charge on any atom is -0.265 e. The molecule has 0 saturated heterocycles. The van der Waals surface area contributed by atoms with E-state index in [-0.39, 0.29) is 0 Å². The van der Waals surface area contributed by atoms with Gasteiger partial charge in [-0.15, -0.1) is 11.3 Å². The monoisotopic (exact) mass is 788 g/mol. The first kappa shape index (κ1) is 33.1. The summed E-state index contributed by atoms with van der Waals surface area (Å²) in [6.45, 7) is 0. The van der Waals surface area contributed by atoms with Crippen molar-refractivity contribution in [2.24, 2.45) is 0 Å². The molecule has 0 unspecified atom stereocenters.